The average molecular weight is 289 g/mol. The van der Waals surface area contributed by atoms with E-state index in [0.29, 0.717) is 10.8 Å². The highest BCUT2D eigenvalue weighted by Gasteiger charge is 2.43. The molecular formula is C9H12FN5O5. The number of hydrogen-bond donors (Lipinski definition) is 5. The standard InChI is InChI=1S/C9H12FN5O5/c10-3-1-15(9(19)12-7(3)18)8-6(17)5(13-14-11)4(2-16)20-8/h1,4-6,8,14,16-17H,2H2,(H2-,11,12,13,18,19). The molecule has 0 spiro atoms. The number of H-pyrrole nitrogens is 1. The van der Waals surface area contributed by atoms with Crippen LogP contribution >= 0.6 is 0 Å². The summed E-state index contributed by atoms with van der Waals surface area (Å²) >= 11 is 0. The minimum absolute atomic E-state index is 0.520. The Morgan fingerprint density at radius 2 is 2.30 bits per heavy atom. The SMILES string of the molecule is [N-]=[NH+]NC1C(CO)OC(n2cc(F)c(=O)[nH]c2=O)C1O. The maximum Gasteiger partial charge on any atom is 0.330 e. The van der Waals surface area contributed by atoms with Gasteiger partial charge in [-0.15, -0.1) is 0 Å². The van der Waals surface area contributed by atoms with Crippen molar-refractivity contribution in [2.24, 2.45) is 0 Å². The van der Waals surface area contributed by atoms with Gasteiger partial charge in [0.25, 0.3) is 5.56 Å². The van der Waals surface area contributed by atoms with Gasteiger partial charge in [-0.1, -0.05) is 0 Å². The number of rotatable bonds is 4. The molecule has 0 aromatic carbocycles. The molecule has 1 saturated heterocycles. The van der Waals surface area contributed by atoms with E-state index in [9.17, 15) is 19.1 Å². The zero-order valence-corrected chi connectivity index (χ0v) is 9.99. The van der Waals surface area contributed by atoms with E-state index in [1.165, 1.54) is 0 Å². The van der Waals surface area contributed by atoms with Crippen molar-refractivity contribution in [2.75, 3.05) is 6.61 Å². The van der Waals surface area contributed by atoms with E-state index in [4.69, 9.17) is 15.4 Å². The zero-order valence-electron chi connectivity index (χ0n) is 9.99. The minimum Gasteiger partial charge on any atom is -0.394 e. The molecule has 1 aromatic rings. The van der Waals surface area contributed by atoms with Crippen LogP contribution in [0, 0.1) is 5.82 Å². The molecule has 1 aliphatic heterocycles. The summed E-state index contributed by atoms with van der Waals surface area (Å²) < 4.78 is 19.1. The largest absolute Gasteiger partial charge is 0.394 e. The minimum atomic E-state index is -1.39. The Morgan fingerprint density at radius 1 is 1.60 bits per heavy atom. The molecule has 0 amide bonds. The highest BCUT2D eigenvalue weighted by atomic mass is 19.1. The van der Waals surface area contributed by atoms with Crippen molar-refractivity contribution >= 4 is 0 Å². The number of ether oxygens (including phenoxy) is 1. The fourth-order valence-corrected chi connectivity index (χ4v) is 2.03. The molecule has 10 nitrogen and oxygen atoms in total. The lowest BCUT2D eigenvalue weighted by molar-refractivity contribution is -0.558. The number of nitrogens with one attached hydrogen (secondary N) is 3. The van der Waals surface area contributed by atoms with Crippen molar-refractivity contribution in [3.63, 3.8) is 0 Å². The van der Waals surface area contributed by atoms with Gasteiger partial charge in [0.2, 0.25) is 5.82 Å². The number of hydrazine groups is 1. The Hall–Kier alpha value is -2.11. The molecule has 0 radical (unpaired) electrons. The normalized spacial score (nSPS) is 29.4. The summed E-state index contributed by atoms with van der Waals surface area (Å²) in [6, 6.07) is -0.961. The molecular weight excluding hydrogens is 277 g/mol. The molecule has 0 aliphatic carbocycles. The Labute approximate surface area is 110 Å². The van der Waals surface area contributed by atoms with Gasteiger partial charge < -0.3 is 14.9 Å². The second-order valence-electron chi connectivity index (χ2n) is 4.16. The molecule has 11 heteroatoms. The van der Waals surface area contributed by atoms with Gasteiger partial charge in [-0.25, -0.2) is 4.79 Å². The number of aromatic nitrogens is 2. The van der Waals surface area contributed by atoms with Gasteiger partial charge >= 0.3 is 5.69 Å². The van der Waals surface area contributed by atoms with Crippen LogP contribution in [0.2, 0.25) is 0 Å². The van der Waals surface area contributed by atoms with Gasteiger partial charge in [0, 0.05) is 0 Å². The van der Waals surface area contributed by atoms with Crippen LogP contribution in [0.15, 0.2) is 15.8 Å². The number of aliphatic hydroxyl groups excluding tert-OH is 2. The van der Waals surface area contributed by atoms with Crippen LogP contribution in [0.3, 0.4) is 0 Å². The van der Waals surface area contributed by atoms with Gasteiger partial charge in [0.05, 0.1) is 24.9 Å². The predicted molar refractivity (Wildman–Crippen MR) is 59.5 cm³/mol. The predicted octanol–water partition coefficient (Wildman–Crippen LogP) is -4.10. The molecule has 4 atom stereocenters. The highest BCUT2D eigenvalue weighted by Crippen LogP contribution is 2.27. The van der Waals surface area contributed by atoms with Crippen molar-refractivity contribution in [3.8, 4) is 0 Å². The van der Waals surface area contributed by atoms with Crippen molar-refractivity contribution in [1.29, 1.82) is 0 Å². The zero-order chi connectivity index (χ0) is 14.9. The fourth-order valence-electron chi connectivity index (χ4n) is 2.03. The molecule has 0 saturated carbocycles. The van der Waals surface area contributed by atoms with Crippen LogP contribution in [0.25, 0.3) is 5.53 Å². The lowest BCUT2D eigenvalue weighted by Gasteiger charge is -2.19. The first-order chi connectivity index (χ1) is 9.49. The summed E-state index contributed by atoms with van der Waals surface area (Å²) in [5, 5.41) is 20.7. The number of hydrogen-bond acceptors (Lipinski definition) is 5. The van der Waals surface area contributed by atoms with Crippen molar-refractivity contribution in [2.45, 2.75) is 24.5 Å². The first-order valence-electron chi connectivity index (χ1n) is 5.59. The third kappa shape index (κ3) is 2.33. The smallest absolute Gasteiger partial charge is 0.330 e. The molecule has 110 valence electrons. The maximum atomic E-state index is 13.2. The van der Waals surface area contributed by atoms with E-state index in [0.717, 1.165) is 0 Å². The molecule has 0 bridgehead atoms. The van der Waals surface area contributed by atoms with Crippen LogP contribution in [-0.4, -0.2) is 44.6 Å². The average Bonchev–Trinajstić information content (AvgIpc) is 2.72. The van der Waals surface area contributed by atoms with Crippen molar-refractivity contribution in [3.05, 3.63) is 38.4 Å². The quantitative estimate of drug-likeness (QED) is 0.280. The second-order valence-corrected chi connectivity index (χ2v) is 4.16. The third-order valence-electron chi connectivity index (χ3n) is 2.98. The first kappa shape index (κ1) is 14.3. The summed E-state index contributed by atoms with van der Waals surface area (Å²) in [5.74, 6) is -1.22. The molecule has 1 aliphatic rings. The van der Waals surface area contributed by atoms with Crippen LogP contribution in [0.1, 0.15) is 6.23 Å². The molecule has 1 aromatic heterocycles. The van der Waals surface area contributed by atoms with E-state index in [-0.39, 0.29) is 0 Å². The van der Waals surface area contributed by atoms with E-state index in [2.05, 4.69) is 5.43 Å². The van der Waals surface area contributed by atoms with E-state index >= 15 is 0 Å². The Kier molecular flexibility index (Phi) is 3.92. The molecule has 1 fully saturated rings. The molecule has 5 N–H and O–H groups in total. The molecule has 4 unspecified atom stereocenters. The lowest BCUT2D eigenvalue weighted by atomic mass is 10.1. The number of aliphatic hydroxyl groups is 2. The Bertz CT molecular complexity index is 615. The summed E-state index contributed by atoms with van der Waals surface area (Å²) in [5.41, 5.74) is 8.63. The summed E-state index contributed by atoms with van der Waals surface area (Å²) in [6.45, 7) is -0.520. The van der Waals surface area contributed by atoms with Gasteiger partial charge in [-0.3, -0.25) is 19.8 Å². The number of nitrogens with zero attached hydrogens (tertiary/aromatic N) is 2. The van der Waals surface area contributed by atoms with Gasteiger partial charge in [0.15, 0.2) is 6.23 Å². The van der Waals surface area contributed by atoms with E-state index < -0.39 is 48.2 Å². The Morgan fingerprint density at radius 3 is 2.90 bits per heavy atom. The molecule has 2 rings (SSSR count). The lowest BCUT2D eigenvalue weighted by Crippen LogP contribution is -2.80. The summed E-state index contributed by atoms with van der Waals surface area (Å²) in [6.07, 6.45) is -3.10. The number of aromatic amines is 1. The third-order valence-corrected chi connectivity index (χ3v) is 2.98. The van der Waals surface area contributed by atoms with Gasteiger partial charge in [-0.2, -0.15) is 15.1 Å². The maximum absolute atomic E-state index is 13.2. The second kappa shape index (κ2) is 5.48. The fraction of sp³-hybridized carbons (Fsp3) is 0.556. The summed E-state index contributed by atoms with van der Waals surface area (Å²) in [7, 11) is 0. The molecule has 2 heterocycles. The van der Waals surface area contributed by atoms with Crippen LogP contribution in [0.4, 0.5) is 4.39 Å². The van der Waals surface area contributed by atoms with Gasteiger partial charge in [-0.05, 0) is 0 Å². The summed E-state index contributed by atoms with van der Waals surface area (Å²) in [4.78, 5) is 24.2. The van der Waals surface area contributed by atoms with E-state index in [1.54, 1.807) is 10.2 Å². The molecule has 20 heavy (non-hydrogen) atoms. The van der Waals surface area contributed by atoms with Crippen LogP contribution < -0.4 is 21.9 Å². The van der Waals surface area contributed by atoms with Crippen molar-refractivity contribution < 1.29 is 24.6 Å². The van der Waals surface area contributed by atoms with Gasteiger partial charge in [0.1, 0.15) is 6.10 Å². The monoisotopic (exact) mass is 289 g/mol. The van der Waals surface area contributed by atoms with Crippen molar-refractivity contribution in [1.82, 2.24) is 15.0 Å². The topological polar surface area (TPSA) is 153 Å². The van der Waals surface area contributed by atoms with Crippen LogP contribution in [0.5, 0.6) is 0 Å². The number of halogens is 1. The van der Waals surface area contributed by atoms with E-state index in [1.807, 2.05) is 0 Å². The first-order valence-corrected chi connectivity index (χ1v) is 5.59. The van der Waals surface area contributed by atoms with Crippen LogP contribution in [-0.2, 0) is 4.74 Å². The highest BCUT2D eigenvalue weighted by molar-refractivity contribution is 4.96. The Balaban J connectivity index is 2.39.